The summed E-state index contributed by atoms with van der Waals surface area (Å²) in [5.74, 6) is -3.34. The Balaban J connectivity index is 2.32. The highest BCUT2D eigenvalue weighted by atomic mass is 32.2. The molecule has 1 saturated heterocycles. The molecular weight excluding hydrogens is 214 g/mol. The van der Waals surface area contributed by atoms with Gasteiger partial charge in [-0.05, 0) is 19.4 Å². The van der Waals surface area contributed by atoms with E-state index in [0.29, 0.717) is 0 Å². The zero-order chi connectivity index (χ0) is 10.6. The molecule has 7 heteroatoms. The lowest BCUT2D eigenvalue weighted by Crippen LogP contribution is -2.44. The summed E-state index contributed by atoms with van der Waals surface area (Å²) in [6, 6.07) is -0.0164. The number of hydrogen-bond donors (Lipinski definition) is 2. The maximum absolute atomic E-state index is 11.9. The van der Waals surface area contributed by atoms with Crippen molar-refractivity contribution in [3.63, 3.8) is 0 Å². The normalized spacial score (nSPS) is 24.1. The molecule has 14 heavy (non-hydrogen) atoms. The molecule has 1 rings (SSSR count). The van der Waals surface area contributed by atoms with Gasteiger partial charge in [-0.1, -0.05) is 6.42 Å². The summed E-state index contributed by atoms with van der Waals surface area (Å²) in [5, 5.41) is 3.06. The van der Waals surface area contributed by atoms with Crippen LogP contribution < -0.4 is 10.0 Å². The van der Waals surface area contributed by atoms with Gasteiger partial charge in [-0.3, -0.25) is 0 Å². The maximum Gasteiger partial charge on any atom is 0.350 e. The fourth-order valence-corrected chi connectivity index (χ4v) is 1.94. The predicted octanol–water partition coefficient (Wildman–Crippen LogP) is 0.270. The number of halogens is 2. The van der Waals surface area contributed by atoms with Gasteiger partial charge in [-0.15, -0.1) is 0 Å². The van der Waals surface area contributed by atoms with Gasteiger partial charge in [0, 0.05) is 12.6 Å². The van der Waals surface area contributed by atoms with Crippen molar-refractivity contribution in [2.45, 2.75) is 31.1 Å². The van der Waals surface area contributed by atoms with Crippen LogP contribution in [0, 0.1) is 0 Å². The van der Waals surface area contributed by atoms with Crippen LogP contribution in [-0.4, -0.2) is 33.3 Å². The predicted molar refractivity (Wildman–Crippen MR) is 48.6 cm³/mol. The van der Waals surface area contributed by atoms with E-state index in [1.807, 2.05) is 4.72 Å². The molecular formula is C7H14F2N2O2S. The van der Waals surface area contributed by atoms with Crippen LogP contribution in [0.5, 0.6) is 0 Å². The Morgan fingerprint density at radius 2 is 2.14 bits per heavy atom. The molecule has 1 unspecified atom stereocenters. The van der Waals surface area contributed by atoms with E-state index in [4.69, 9.17) is 0 Å². The van der Waals surface area contributed by atoms with Crippen molar-refractivity contribution in [2.75, 3.05) is 13.1 Å². The summed E-state index contributed by atoms with van der Waals surface area (Å²) in [6.45, 7) is 0.869. The second-order valence-corrected chi connectivity index (χ2v) is 5.04. The summed E-state index contributed by atoms with van der Waals surface area (Å²) in [7, 11) is -4.42. The van der Waals surface area contributed by atoms with Gasteiger partial charge in [0.2, 0.25) is 0 Å². The molecule has 0 aliphatic carbocycles. The van der Waals surface area contributed by atoms with Crippen LogP contribution in [0.2, 0.25) is 0 Å². The average Bonchev–Trinajstić information content (AvgIpc) is 2.16. The summed E-state index contributed by atoms with van der Waals surface area (Å²) in [4.78, 5) is 0. The highest BCUT2D eigenvalue weighted by molar-refractivity contribution is 7.89. The molecule has 1 heterocycles. The smallest absolute Gasteiger partial charge is 0.313 e. The topological polar surface area (TPSA) is 58.2 Å². The van der Waals surface area contributed by atoms with E-state index in [1.54, 1.807) is 0 Å². The molecule has 1 fully saturated rings. The summed E-state index contributed by atoms with van der Waals surface area (Å²) in [6.07, 6.45) is 2.89. The first-order valence-corrected chi connectivity index (χ1v) is 6.07. The lowest BCUT2D eigenvalue weighted by atomic mass is 10.1. The Bertz CT molecular complexity index is 263. The molecule has 0 aromatic heterocycles. The fraction of sp³-hybridized carbons (Fsp3) is 1.00. The minimum Gasteiger partial charge on any atom is -0.313 e. The van der Waals surface area contributed by atoms with E-state index in [2.05, 4.69) is 5.32 Å². The van der Waals surface area contributed by atoms with Gasteiger partial charge >= 0.3 is 5.76 Å². The largest absolute Gasteiger partial charge is 0.350 e. The van der Waals surface area contributed by atoms with Gasteiger partial charge in [0.1, 0.15) is 0 Å². The molecule has 1 atom stereocenters. The van der Waals surface area contributed by atoms with Gasteiger partial charge in [0.05, 0.1) is 0 Å². The van der Waals surface area contributed by atoms with Gasteiger partial charge in [0.15, 0.2) is 0 Å². The zero-order valence-electron chi connectivity index (χ0n) is 7.67. The summed E-state index contributed by atoms with van der Waals surface area (Å²) >= 11 is 0. The zero-order valence-corrected chi connectivity index (χ0v) is 8.49. The number of sulfonamides is 1. The highest BCUT2D eigenvalue weighted by Crippen LogP contribution is 2.07. The lowest BCUT2D eigenvalue weighted by Gasteiger charge is -2.23. The standard InChI is InChI=1S/C7H14F2N2O2S/c8-7(9)14(12,13)11-5-6-3-1-2-4-10-6/h6-7,10-11H,1-5H2. The third-order valence-electron chi connectivity index (χ3n) is 2.18. The van der Waals surface area contributed by atoms with E-state index >= 15 is 0 Å². The summed E-state index contributed by atoms with van der Waals surface area (Å²) < 4.78 is 47.0. The van der Waals surface area contributed by atoms with E-state index in [0.717, 1.165) is 25.8 Å². The van der Waals surface area contributed by atoms with E-state index in [9.17, 15) is 17.2 Å². The second-order valence-electron chi connectivity index (χ2n) is 3.30. The minimum atomic E-state index is -4.42. The van der Waals surface area contributed by atoms with E-state index in [1.165, 1.54) is 0 Å². The second kappa shape index (κ2) is 4.99. The molecule has 0 saturated carbocycles. The molecule has 1 aliphatic heterocycles. The van der Waals surface area contributed by atoms with Crippen LogP contribution in [0.15, 0.2) is 0 Å². The minimum absolute atomic E-state index is 0.0164. The van der Waals surface area contributed by atoms with E-state index < -0.39 is 15.8 Å². The van der Waals surface area contributed by atoms with Crippen LogP contribution in [0.25, 0.3) is 0 Å². The molecule has 2 N–H and O–H groups in total. The van der Waals surface area contributed by atoms with Crippen molar-refractivity contribution in [3.8, 4) is 0 Å². The summed E-state index contributed by atoms with van der Waals surface area (Å²) in [5.41, 5.74) is 0. The SMILES string of the molecule is O=S(=O)(NCC1CCCCN1)C(F)F. The first kappa shape index (κ1) is 11.8. The molecule has 4 nitrogen and oxygen atoms in total. The van der Waals surface area contributed by atoms with Crippen LogP contribution in [-0.2, 0) is 10.0 Å². The number of alkyl halides is 2. The Labute approximate surface area is 82.1 Å². The highest BCUT2D eigenvalue weighted by Gasteiger charge is 2.24. The number of hydrogen-bond acceptors (Lipinski definition) is 3. The quantitative estimate of drug-likeness (QED) is 0.726. The van der Waals surface area contributed by atoms with Gasteiger partial charge in [-0.2, -0.15) is 8.78 Å². The average molecular weight is 228 g/mol. The molecule has 0 bridgehead atoms. The van der Waals surface area contributed by atoms with Crippen molar-refractivity contribution in [3.05, 3.63) is 0 Å². The Hall–Kier alpha value is -0.270. The number of nitrogens with one attached hydrogen (secondary N) is 2. The molecule has 84 valence electrons. The van der Waals surface area contributed by atoms with Crippen molar-refractivity contribution >= 4 is 10.0 Å². The monoisotopic (exact) mass is 228 g/mol. The first-order valence-electron chi connectivity index (χ1n) is 4.52. The molecule has 0 aromatic carbocycles. The Kier molecular flexibility index (Phi) is 4.21. The van der Waals surface area contributed by atoms with Crippen molar-refractivity contribution in [2.24, 2.45) is 0 Å². The Morgan fingerprint density at radius 3 is 2.64 bits per heavy atom. The maximum atomic E-state index is 11.9. The Morgan fingerprint density at radius 1 is 1.43 bits per heavy atom. The van der Waals surface area contributed by atoms with Crippen molar-refractivity contribution < 1.29 is 17.2 Å². The third-order valence-corrected chi connectivity index (χ3v) is 3.22. The molecule has 0 amide bonds. The molecule has 1 aliphatic rings. The van der Waals surface area contributed by atoms with Crippen LogP contribution in [0.3, 0.4) is 0 Å². The van der Waals surface area contributed by atoms with Crippen LogP contribution >= 0.6 is 0 Å². The lowest BCUT2D eigenvalue weighted by molar-refractivity contribution is 0.231. The van der Waals surface area contributed by atoms with E-state index in [-0.39, 0.29) is 12.6 Å². The first-order chi connectivity index (χ1) is 6.52. The molecule has 0 spiro atoms. The fourth-order valence-electron chi connectivity index (χ4n) is 1.38. The number of rotatable bonds is 4. The van der Waals surface area contributed by atoms with Gasteiger partial charge in [0.25, 0.3) is 10.0 Å². The van der Waals surface area contributed by atoms with Crippen molar-refractivity contribution in [1.29, 1.82) is 0 Å². The van der Waals surface area contributed by atoms with Gasteiger partial charge in [-0.25, -0.2) is 13.1 Å². The van der Waals surface area contributed by atoms with Crippen LogP contribution in [0.4, 0.5) is 8.78 Å². The molecule has 0 aromatic rings. The van der Waals surface area contributed by atoms with Gasteiger partial charge < -0.3 is 5.32 Å². The van der Waals surface area contributed by atoms with Crippen molar-refractivity contribution in [1.82, 2.24) is 10.0 Å². The van der Waals surface area contributed by atoms with Crippen LogP contribution in [0.1, 0.15) is 19.3 Å². The molecule has 0 radical (unpaired) electrons. The number of piperidine rings is 1. The third kappa shape index (κ3) is 3.47.